The lowest BCUT2D eigenvalue weighted by Gasteiger charge is -2.32. The molecule has 2 nitrogen and oxygen atoms in total. The third kappa shape index (κ3) is 2.56. The standard InChI is InChI=1S/C12H18N2/c1-13-7-9-14(10-8-13)11-12-5-3-2-4-6-12/h2-6H,7-11H2,1H3/i11D2. The lowest BCUT2D eigenvalue weighted by molar-refractivity contribution is 0.148. The predicted octanol–water partition coefficient (Wildman–Crippen LogP) is 1.43. The number of likely N-dealkylation sites (N-methyl/N-ethyl adjacent to an activating group) is 1. The molecule has 1 aromatic carbocycles. The van der Waals surface area contributed by atoms with Gasteiger partial charge in [0, 0.05) is 35.4 Å². The summed E-state index contributed by atoms with van der Waals surface area (Å²) in [4.78, 5) is 4.15. The molecule has 14 heavy (non-hydrogen) atoms. The van der Waals surface area contributed by atoms with Gasteiger partial charge in [-0.25, -0.2) is 0 Å². The Morgan fingerprint density at radius 3 is 2.43 bits per heavy atom. The van der Waals surface area contributed by atoms with Crippen LogP contribution in [0.25, 0.3) is 0 Å². The van der Waals surface area contributed by atoms with Crippen molar-refractivity contribution in [2.24, 2.45) is 0 Å². The molecule has 0 aromatic heterocycles. The number of hydrogen-bond acceptors (Lipinski definition) is 2. The van der Waals surface area contributed by atoms with E-state index in [9.17, 15) is 0 Å². The van der Waals surface area contributed by atoms with Crippen molar-refractivity contribution in [2.75, 3.05) is 33.2 Å². The van der Waals surface area contributed by atoms with Crippen LogP contribution in [0.15, 0.2) is 30.3 Å². The molecule has 0 bridgehead atoms. The topological polar surface area (TPSA) is 6.48 Å². The summed E-state index contributed by atoms with van der Waals surface area (Å²) in [5.74, 6) is 0. The van der Waals surface area contributed by atoms with Crippen LogP contribution in [0.4, 0.5) is 0 Å². The van der Waals surface area contributed by atoms with Crippen molar-refractivity contribution in [3.63, 3.8) is 0 Å². The first-order chi connectivity index (χ1) is 7.60. The Morgan fingerprint density at radius 2 is 1.79 bits per heavy atom. The van der Waals surface area contributed by atoms with Crippen LogP contribution in [0.5, 0.6) is 0 Å². The molecule has 2 rings (SSSR count). The molecule has 0 amide bonds. The Labute approximate surface area is 88.9 Å². The van der Waals surface area contributed by atoms with E-state index in [0.29, 0.717) is 0 Å². The van der Waals surface area contributed by atoms with Crippen LogP contribution in [0, 0.1) is 0 Å². The molecule has 0 atom stereocenters. The van der Waals surface area contributed by atoms with Crippen molar-refractivity contribution >= 4 is 0 Å². The summed E-state index contributed by atoms with van der Waals surface area (Å²) < 4.78 is 16.4. The van der Waals surface area contributed by atoms with E-state index >= 15 is 0 Å². The van der Waals surface area contributed by atoms with E-state index in [1.165, 1.54) is 0 Å². The smallest absolute Gasteiger partial charge is 0.0481 e. The third-order valence-electron chi connectivity index (χ3n) is 2.56. The maximum Gasteiger partial charge on any atom is 0.0481 e. The highest BCUT2D eigenvalue weighted by atomic mass is 15.2. The number of piperazine rings is 1. The average Bonchev–Trinajstić information content (AvgIpc) is 2.31. The highest BCUT2D eigenvalue weighted by molar-refractivity contribution is 5.14. The summed E-state index contributed by atoms with van der Waals surface area (Å²) in [6.07, 6.45) is 0. The zero-order valence-corrected chi connectivity index (χ0v) is 8.61. The molecule has 0 saturated carbocycles. The highest BCUT2D eigenvalue weighted by Gasteiger charge is 2.13. The quantitative estimate of drug-likeness (QED) is 0.699. The number of rotatable bonds is 2. The molecular formula is C12H18N2. The van der Waals surface area contributed by atoms with Crippen LogP contribution in [-0.2, 0) is 6.50 Å². The van der Waals surface area contributed by atoms with E-state index in [0.717, 1.165) is 31.7 Å². The average molecular weight is 192 g/mol. The van der Waals surface area contributed by atoms with Gasteiger partial charge in [-0.15, -0.1) is 0 Å². The molecule has 0 N–H and O–H groups in total. The molecule has 1 aromatic rings. The Bertz CT molecular complexity index is 332. The first-order valence-electron chi connectivity index (χ1n) is 6.10. The van der Waals surface area contributed by atoms with Crippen molar-refractivity contribution in [3.05, 3.63) is 35.9 Å². The monoisotopic (exact) mass is 192 g/mol. The second-order valence-corrected chi connectivity index (χ2v) is 3.77. The van der Waals surface area contributed by atoms with E-state index in [-0.39, 0.29) is 0 Å². The lowest BCUT2D eigenvalue weighted by atomic mass is 10.2. The van der Waals surface area contributed by atoms with Gasteiger partial charge >= 0.3 is 0 Å². The molecule has 0 radical (unpaired) electrons. The molecule has 2 heteroatoms. The summed E-state index contributed by atoms with van der Waals surface area (Å²) in [5, 5.41) is 0. The van der Waals surface area contributed by atoms with E-state index < -0.39 is 6.50 Å². The Balaban J connectivity index is 2.13. The van der Waals surface area contributed by atoms with Gasteiger partial charge in [0.25, 0.3) is 0 Å². The minimum Gasteiger partial charge on any atom is -0.304 e. The number of hydrogen-bond donors (Lipinski definition) is 0. The van der Waals surface area contributed by atoms with Crippen LogP contribution in [0.3, 0.4) is 0 Å². The van der Waals surface area contributed by atoms with Gasteiger partial charge in [0.2, 0.25) is 0 Å². The van der Waals surface area contributed by atoms with Crippen molar-refractivity contribution < 1.29 is 2.74 Å². The fourth-order valence-electron chi connectivity index (χ4n) is 1.61. The van der Waals surface area contributed by atoms with Crippen LogP contribution >= 0.6 is 0 Å². The highest BCUT2D eigenvalue weighted by Crippen LogP contribution is 2.06. The van der Waals surface area contributed by atoms with Crippen LogP contribution in [0.1, 0.15) is 8.30 Å². The van der Waals surface area contributed by atoms with E-state index in [1.807, 2.05) is 35.2 Å². The van der Waals surface area contributed by atoms with Gasteiger partial charge in [0.1, 0.15) is 0 Å². The van der Waals surface area contributed by atoms with Gasteiger partial charge in [0.15, 0.2) is 0 Å². The summed E-state index contributed by atoms with van der Waals surface area (Å²) in [5.41, 5.74) is 0.750. The van der Waals surface area contributed by atoms with E-state index in [1.54, 1.807) is 0 Å². The van der Waals surface area contributed by atoms with E-state index in [4.69, 9.17) is 2.74 Å². The largest absolute Gasteiger partial charge is 0.304 e. The summed E-state index contributed by atoms with van der Waals surface area (Å²) in [6.45, 7) is 2.11. The minimum atomic E-state index is -1.34. The first kappa shape index (κ1) is 7.43. The summed E-state index contributed by atoms with van der Waals surface area (Å²) >= 11 is 0. The molecule has 1 fully saturated rings. The Kier molecular flexibility index (Phi) is 2.43. The lowest BCUT2D eigenvalue weighted by Crippen LogP contribution is -2.43. The van der Waals surface area contributed by atoms with Gasteiger partial charge in [0.05, 0.1) is 0 Å². The van der Waals surface area contributed by atoms with Crippen LogP contribution < -0.4 is 0 Å². The Hall–Kier alpha value is -0.860. The molecule has 1 saturated heterocycles. The van der Waals surface area contributed by atoms with Crippen molar-refractivity contribution in [1.29, 1.82) is 0 Å². The molecule has 0 unspecified atom stereocenters. The van der Waals surface area contributed by atoms with Crippen LogP contribution in [0.2, 0.25) is 0 Å². The second kappa shape index (κ2) is 4.58. The van der Waals surface area contributed by atoms with Gasteiger partial charge in [-0.2, -0.15) is 0 Å². The molecule has 1 aliphatic rings. The second-order valence-electron chi connectivity index (χ2n) is 3.77. The normalized spacial score (nSPS) is 22.9. The maximum atomic E-state index is 8.20. The minimum absolute atomic E-state index is 0.750. The van der Waals surface area contributed by atoms with Crippen molar-refractivity contribution in [2.45, 2.75) is 6.50 Å². The van der Waals surface area contributed by atoms with Gasteiger partial charge < -0.3 is 4.90 Å². The third-order valence-corrected chi connectivity index (χ3v) is 2.56. The summed E-state index contributed by atoms with van der Waals surface area (Å²) in [6, 6.07) is 9.42. The zero-order valence-electron chi connectivity index (χ0n) is 10.6. The van der Waals surface area contributed by atoms with Gasteiger partial charge in [-0.05, 0) is 12.6 Å². The summed E-state index contributed by atoms with van der Waals surface area (Å²) in [7, 11) is 2.08. The fourth-order valence-corrected chi connectivity index (χ4v) is 1.61. The van der Waals surface area contributed by atoms with Gasteiger partial charge in [-0.3, -0.25) is 4.90 Å². The molecule has 0 aliphatic carbocycles. The number of benzene rings is 1. The SMILES string of the molecule is [2H]C([2H])(c1ccccc1)N1CCN(C)CC1. The van der Waals surface area contributed by atoms with Crippen molar-refractivity contribution in [3.8, 4) is 0 Å². The van der Waals surface area contributed by atoms with Crippen molar-refractivity contribution in [1.82, 2.24) is 9.80 Å². The molecule has 76 valence electrons. The molecule has 1 heterocycles. The van der Waals surface area contributed by atoms with Gasteiger partial charge in [-0.1, -0.05) is 30.3 Å². The van der Waals surface area contributed by atoms with E-state index in [2.05, 4.69) is 11.9 Å². The first-order valence-corrected chi connectivity index (χ1v) is 5.10. The molecule has 0 spiro atoms. The Morgan fingerprint density at radius 1 is 1.14 bits per heavy atom. The zero-order chi connectivity index (χ0) is 11.6. The fraction of sp³-hybridized carbons (Fsp3) is 0.500. The maximum absolute atomic E-state index is 8.20. The molecule has 1 aliphatic heterocycles. The number of nitrogens with zero attached hydrogens (tertiary/aromatic N) is 2. The predicted molar refractivity (Wildman–Crippen MR) is 59.2 cm³/mol. The van der Waals surface area contributed by atoms with Crippen LogP contribution in [-0.4, -0.2) is 43.0 Å². The molecular weight excluding hydrogens is 172 g/mol.